The fourth-order valence-corrected chi connectivity index (χ4v) is 0.956. The van der Waals surface area contributed by atoms with Crippen molar-refractivity contribution in [1.82, 2.24) is 4.90 Å². The lowest BCUT2D eigenvalue weighted by molar-refractivity contribution is -0.120. The molecule has 50 valence electrons. The summed E-state index contributed by atoms with van der Waals surface area (Å²) in [7, 11) is 0. The van der Waals surface area contributed by atoms with E-state index in [1.165, 1.54) is 0 Å². The van der Waals surface area contributed by atoms with Gasteiger partial charge in [0.25, 0.3) is 0 Å². The minimum Gasteiger partial charge on any atom is -0.377 e. The van der Waals surface area contributed by atoms with Crippen LogP contribution in [0.1, 0.15) is 12.8 Å². The lowest BCUT2D eigenvalue weighted by atomic mass is 10.1. The number of likely N-dealkylation sites (tertiary alicyclic amines) is 1. The van der Waals surface area contributed by atoms with Crippen LogP contribution < -0.4 is 0 Å². The van der Waals surface area contributed by atoms with Crippen LogP contribution in [0, 0.1) is 0 Å². The molecule has 0 bridgehead atoms. The van der Waals surface area contributed by atoms with Crippen LogP contribution in [0.2, 0.25) is 0 Å². The number of Topliss-reactive ketones (excluding diaryl/α,β-unsaturated/α-hetero) is 1. The first-order chi connectivity index (χ1) is 4.33. The Morgan fingerprint density at radius 1 is 1.44 bits per heavy atom. The van der Waals surface area contributed by atoms with E-state index < -0.39 is 0 Å². The predicted octanol–water partition coefficient (Wildman–Crippen LogP) is 0.795. The standard InChI is InChI=1S/C7H11NO/c1-2-8-5-3-7(9)4-6-8/h2H,1,3-6H2. The van der Waals surface area contributed by atoms with E-state index in [0.717, 1.165) is 13.1 Å². The molecule has 0 unspecified atom stereocenters. The maximum atomic E-state index is 10.7. The van der Waals surface area contributed by atoms with Crippen molar-refractivity contribution in [3.8, 4) is 0 Å². The summed E-state index contributed by atoms with van der Waals surface area (Å²) in [6, 6.07) is 0. The number of ketones is 1. The number of carbonyl (C=O) groups excluding carboxylic acids is 1. The normalized spacial score (nSPS) is 20.0. The molecule has 1 aliphatic rings. The summed E-state index contributed by atoms with van der Waals surface area (Å²) in [4.78, 5) is 12.7. The second kappa shape index (κ2) is 2.67. The van der Waals surface area contributed by atoms with Gasteiger partial charge in [0, 0.05) is 25.9 Å². The summed E-state index contributed by atoms with van der Waals surface area (Å²) in [5.74, 6) is 0.383. The van der Waals surface area contributed by atoms with Gasteiger partial charge in [-0.15, -0.1) is 0 Å². The Kier molecular flexibility index (Phi) is 1.88. The number of carbonyl (C=O) groups is 1. The van der Waals surface area contributed by atoms with E-state index in [9.17, 15) is 4.79 Å². The van der Waals surface area contributed by atoms with Gasteiger partial charge in [-0.1, -0.05) is 6.58 Å². The van der Waals surface area contributed by atoms with Crippen molar-refractivity contribution in [2.24, 2.45) is 0 Å². The lowest BCUT2D eigenvalue weighted by Gasteiger charge is -2.23. The van der Waals surface area contributed by atoms with Crippen molar-refractivity contribution in [2.75, 3.05) is 13.1 Å². The summed E-state index contributed by atoms with van der Waals surface area (Å²) in [6.07, 6.45) is 3.20. The van der Waals surface area contributed by atoms with Crippen LogP contribution in [-0.4, -0.2) is 23.8 Å². The molecule has 1 rings (SSSR count). The van der Waals surface area contributed by atoms with Gasteiger partial charge in [-0.05, 0) is 6.20 Å². The van der Waals surface area contributed by atoms with Crippen molar-refractivity contribution in [3.63, 3.8) is 0 Å². The molecule has 0 atom stereocenters. The minimum absolute atomic E-state index is 0.383. The van der Waals surface area contributed by atoms with E-state index >= 15 is 0 Å². The number of hydrogen-bond acceptors (Lipinski definition) is 2. The Morgan fingerprint density at radius 3 is 2.44 bits per heavy atom. The highest BCUT2D eigenvalue weighted by molar-refractivity contribution is 5.79. The topological polar surface area (TPSA) is 20.3 Å². The number of hydrogen-bond donors (Lipinski definition) is 0. The van der Waals surface area contributed by atoms with Crippen LogP contribution in [0.15, 0.2) is 12.8 Å². The molecule has 0 aromatic rings. The summed E-state index contributed by atoms with van der Waals surface area (Å²) < 4.78 is 0. The molecule has 0 spiro atoms. The smallest absolute Gasteiger partial charge is 0.136 e. The van der Waals surface area contributed by atoms with E-state index in [0.29, 0.717) is 18.6 Å². The van der Waals surface area contributed by atoms with Gasteiger partial charge in [0.2, 0.25) is 0 Å². The van der Waals surface area contributed by atoms with Gasteiger partial charge in [0.05, 0.1) is 0 Å². The summed E-state index contributed by atoms with van der Waals surface area (Å²) >= 11 is 0. The molecule has 0 radical (unpaired) electrons. The average Bonchev–Trinajstić information content (AvgIpc) is 1.90. The third-order valence-corrected chi connectivity index (χ3v) is 1.61. The summed E-state index contributed by atoms with van der Waals surface area (Å²) in [5, 5.41) is 0. The van der Waals surface area contributed by atoms with Crippen molar-refractivity contribution in [2.45, 2.75) is 12.8 Å². The molecule has 2 heteroatoms. The van der Waals surface area contributed by atoms with Crippen LogP contribution in [0.3, 0.4) is 0 Å². The number of nitrogens with zero attached hydrogens (tertiary/aromatic N) is 1. The molecule has 2 nitrogen and oxygen atoms in total. The average molecular weight is 125 g/mol. The van der Waals surface area contributed by atoms with Crippen LogP contribution in [-0.2, 0) is 4.79 Å². The largest absolute Gasteiger partial charge is 0.377 e. The molecule has 0 N–H and O–H groups in total. The molecule has 0 saturated carbocycles. The molecule has 1 aliphatic heterocycles. The second-order valence-corrected chi connectivity index (χ2v) is 2.26. The first-order valence-corrected chi connectivity index (χ1v) is 3.21. The first kappa shape index (κ1) is 6.33. The highest BCUT2D eigenvalue weighted by atomic mass is 16.1. The fourth-order valence-electron chi connectivity index (χ4n) is 0.956. The molecule has 1 saturated heterocycles. The van der Waals surface area contributed by atoms with E-state index in [2.05, 4.69) is 11.5 Å². The SMILES string of the molecule is C=CN1CCC(=O)CC1. The van der Waals surface area contributed by atoms with Crippen LogP contribution in [0.5, 0.6) is 0 Å². The molecule has 1 fully saturated rings. The van der Waals surface area contributed by atoms with Gasteiger partial charge >= 0.3 is 0 Å². The van der Waals surface area contributed by atoms with E-state index in [1.807, 2.05) is 0 Å². The van der Waals surface area contributed by atoms with Crippen LogP contribution in [0.25, 0.3) is 0 Å². The van der Waals surface area contributed by atoms with Gasteiger partial charge in [0.15, 0.2) is 0 Å². The molecule has 0 aromatic heterocycles. The fraction of sp³-hybridized carbons (Fsp3) is 0.571. The van der Waals surface area contributed by atoms with E-state index in [4.69, 9.17) is 0 Å². The lowest BCUT2D eigenvalue weighted by Crippen LogP contribution is -2.29. The third kappa shape index (κ3) is 1.56. The molecular weight excluding hydrogens is 114 g/mol. The molecular formula is C7H11NO. The first-order valence-electron chi connectivity index (χ1n) is 3.21. The molecule has 0 aromatic carbocycles. The van der Waals surface area contributed by atoms with Gasteiger partial charge in [-0.3, -0.25) is 4.79 Å². The zero-order chi connectivity index (χ0) is 6.69. The Hall–Kier alpha value is -0.790. The minimum atomic E-state index is 0.383. The highest BCUT2D eigenvalue weighted by Crippen LogP contribution is 2.04. The Balaban J connectivity index is 2.34. The predicted molar refractivity (Wildman–Crippen MR) is 36.0 cm³/mol. The maximum absolute atomic E-state index is 10.7. The molecule has 0 aliphatic carbocycles. The molecule has 1 heterocycles. The van der Waals surface area contributed by atoms with Crippen molar-refractivity contribution >= 4 is 5.78 Å². The summed E-state index contributed by atoms with van der Waals surface area (Å²) in [5.41, 5.74) is 0. The van der Waals surface area contributed by atoms with E-state index in [1.54, 1.807) is 6.20 Å². The van der Waals surface area contributed by atoms with Crippen LogP contribution in [0.4, 0.5) is 0 Å². The third-order valence-electron chi connectivity index (χ3n) is 1.61. The van der Waals surface area contributed by atoms with Gasteiger partial charge in [0.1, 0.15) is 5.78 Å². The quantitative estimate of drug-likeness (QED) is 0.516. The maximum Gasteiger partial charge on any atom is 0.136 e. The number of piperidine rings is 1. The van der Waals surface area contributed by atoms with Gasteiger partial charge in [-0.25, -0.2) is 0 Å². The molecule has 0 amide bonds. The monoisotopic (exact) mass is 125 g/mol. The Labute approximate surface area is 55.2 Å². The summed E-state index contributed by atoms with van der Waals surface area (Å²) in [6.45, 7) is 5.35. The second-order valence-electron chi connectivity index (χ2n) is 2.26. The van der Waals surface area contributed by atoms with Crippen molar-refractivity contribution in [1.29, 1.82) is 0 Å². The Morgan fingerprint density at radius 2 is 2.00 bits per heavy atom. The van der Waals surface area contributed by atoms with Crippen molar-refractivity contribution < 1.29 is 4.79 Å². The Bertz CT molecular complexity index is 121. The zero-order valence-electron chi connectivity index (χ0n) is 5.47. The zero-order valence-corrected chi connectivity index (χ0v) is 5.47. The van der Waals surface area contributed by atoms with Gasteiger partial charge < -0.3 is 4.90 Å². The van der Waals surface area contributed by atoms with E-state index in [-0.39, 0.29) is 0 Å². The number of rotatable bonds is 1. The molecule has 9 heavy (non-hydrogen) atoms. The van der Waals surface area contributed by atoms with Gasteiger partial charge in [-0.2, -0.15) is 0 Å². The van der Waals surface area contributed by atoms with Crippen LogP contribution >= 0.6 is 0 Å². The van der Waals surface area contributed by atoms with Crippen molar-refractivity contribution in [3.05, 3.63) is 12.8 Å². The highest BCUT2D eigenvalue weighted by Gasteiger charge is 2.11.